The summed E-state index contributed by atoms with van der Waals surface area (Å²) in [4.78, 5) is 23.8. The maximum absolute atomic E-state index is 12.4. The molecule has 23 heavy (non-hydrogen) atoms. The molecule has 0 spiro atoms. The molecule has 0 aliphatic heterocycles. The Morgan fingerprint density at radius 3 is 2.52 bits per heavy atom. The van der Waals surface area contributed by atoms with E-state index in [2.05, 4.69) is 5.32 Å². The molecule has 1 heterocycles. The molecule has 2 rings (SSSR count). The molecule has 0 saturated carbocycles. The first kappa shape index (κ1) is 16.8. The Balaban J connectivity index is 2.17. The van der Waals surface area contributed by atoms with Crippen LogP contribution in [0.2, 0.25) is 0 Å². The monoisotopic (exact) mass is 315 g/mol. The van der Waals surface area contributed by atoms with Gasteiger partial charge in [-0.05, 0) is 24.1 Å². The Hall–Kier alpha value is -2.60. The third-order valence-electron chi connectivity index (χ3n) is 3.68. The van der Waals surface area contributed by atoms with Crippen molar-refractivity contribution in [3.05, 3.63) is 48.2 Å². The van der Waals surface area contributed by atoms with E-state index >= 15 is 0 Å². The number of ether oxygens (including phenoxy) is 1. The van der Waals surface area contributed by atoms with Crippen molar-refractivity contribution in [3.63, 3.8) is 0 Å². The van der Waals surface area contributed by atoms with Crippen molar-refractivity contribution < 1.29 is 14.3 Å². The molecule has 1 aromatic carbocycles. The molecule has 1 atom stereocenters. The summed E-state index contributed by atoms with van der Waals surface area (Å²) < 4.78 is 6.72. The number of methoxy groups -OCH3 is 1. The summed E-state index contributed by atoms with van der Waals surface area (Å²) in [7, 11) is 3.34. The number of nitrogens with one attached hydrogen (secondary N) is 1. The van der Waals surface area contributed by atoms with Crippen molar-refractivity contribution in [2.75, 3.05) is 13.7 Å². The molecule has 6 nitrogen and oxygen atoms in total. The van der Waals surface area contributed by atoms with Gasteiger partial charge in [0.05, 0.1) is 0 Å². The van der Waals surface area contributed by atoms with E-state index in [9.17, 15) is 9.59 Å². The highest BCUT2D eigenvalue weighted by atomic mass is 16.5. The average Bonchev–Trinajstić information content (AvgIpc) is 2.93. The maximum Gasteiger partial charge on any atom is 0.268 e. The van der Waals surface area contributed by atoms with E-state index in [1.807, 2.05) is 43.4 Å². The second-order valence-corrected chi connectivity index (χ2v) is 5.24. The predicted molar refractivity (Wildman–Crippen MR) is 87.8 cm³/mol. The number of nitrogens with zero attached hydrogens (tertiary/aromatic N) is 1. The van der Waals surface area contributed by atoms with Crippen LogP contribution in [0.3, 0.4) is 0 Å². The Bertz CT molecular complexity index is 680. The number of carbonyl (C=O) groups is 2. The lowest BCUT2D eigenvalue weighted by Gasteiger charge is -2.15. The van der Waals surface area contributed by atoms with Crippen LogP contribution in [0.4, 0.5) is 0 Å². The molecule has 6 heteroatoms. The lowest BCUT2D eigenvalue weighted by atomic mass is 10.2. The lowest BCUT2D eigenvalue weighted by Crippen LogP contribution is -2.45. The van der Waals surface area contributed by atoms with E-state index < -0.39 is 11.9 Å². The Labute approximate surface area is 135 Å². The molecule has 0 radical (unpaired) electrons. The zero-order chi connectivity index (χ0) is 16.8. The molecule has 0 bridgehead atoms. The molecule has 1 unspecified atom stereocenters. The van der Waals surface area contributed by atoms with Crippen LogP contribution in [-0.2, 0) is 16.6 Å². The quantitative estimate of drug-likeness (QED) is 0.808. The molecule has 1 aromatic heterocycles. The van der Waals surface area contributed by atoms with Crippen LogP contribution >= 0.6 is 0 Å². The standard InChI is InChI=1S/C17H21N3O3/c1-20-14(12-6-4-3-5-7-12)8-9-15(20)17(22)19-13(16(18)21)10-11-23-2/h3-9,13H,10-11H2,1-2H3,(H2,18,21)(H,19,22). The van der Waals surface area contributed by atoms with Gasteiger partial charge in [0.1, 0.15) is 11.7 Å². The molecular weight excluding hydrogens is 294 g/mol. The number of hydrogen-bond donors (Lipinski definition) is 2. The summed E-state index contributed by atoms with van der Waals surface area (Å²) >= 11 is 0. The van der Waals surface area contributed by atoms with Gasteiger partial charge in [-0.3, -0.25) is 9.59 Å². The van der Waals surface area contributed by atoms with Gasteiger partial charge in [0.15, 0.2) is 0 Å². The van der Waals surface area contributed by atoms with Gasteiger partial charge in [-0.15, -0.1) is 0 Å². The number of amides is 2. The highest BCUT2D eigenvalue weighted by Gasteiger charge is 2.21. The topological polar surface area (TPSA) is 86.3 Å². The van der Waals surface area contributed by atoms with Crippen LogP contribution in [0.25, 0.3) is 11.3 Å². The Morgan fingerprint density at radius 1 is 1.22 bits per heavy atom. The van der Waals surface area contributed by atoms with Gasteiger partial charge in [0, 0.05) is 26.5 Å². The number of rotatable bonds is 7. The van der Waals surface area contributed by atoms with Crippen LogP contribution < -0.4 is 11.1 Å². The first-order valence-electron chi connectivity index (χ1n) is 7.35. The van der Waals surface area contributed by atoms with E-state index in [0.29, 0.717) is 18.7 Å². The highest BCUT2D eigenvalue weighted by Crippen LogP contribution is 2.21. The van der Waals surface area contributed by atoms with E-state index in [1.54, 1.807) is 10.6 Å². The van der Waals surface area contributed by atoms with E-state index in [1.165, 1.54) is 7.11 Å². The van der Waals surface area contributed by atoms with Gasteiger partial charge in [-0.25, -0.2) is 0 Å². The number of hydrogen-bond acceptors (Lipinski definition) is 3. The minimum atomic E-state index is -0.752. The van der Waals surface area contributed by atoms with Crippen molar-refractivity contribution in [2.24, 2.45) is 12.8 Å². The molecule has 0 aliphatic carbocycles. The lowest BCUT2D eigenvalue weighted by molar-refractivity contribution is -0.120. The van der Waals surface area contributed by atoms with Crippen molar-refractivity contribution >= 4 is 11.8 Å². The van der Waals surface area contributed by atoms with Crippen molar-refractivity contribution in [1.82, 2.24) is 9.88 Å². The predicted octanol–water partition coefficient (Wildman–Crippen LogP) is 1.31. The fourth-order valence-electron chi connectivity index (χ4n) is 2.39. The maximum atomic E-state index is 12.4. The zero-order valence-electron chi connectivity index (χ0n) is 13.3. The largest absolute Gasteiger partial charge is 0.385 e. The Morgan fingerprint density at radius 2 is 1.91 bits per heavy atom. The van der Waals surface area contributed by atoms with E-state index in [-0.39, 0.29) is 5.91 Å². The molecule has 2 amide bonds. The number of aromatic nitrogens is 1. The number of nitrogens with two attached hydrogens (primary N) is 1. The van der Waals surface area contributed by atoms with Gasteiger partial charge in [-0.2, -0.15) is 0 Å². The fourth-order valence-corrected chi connectivity index (χ4v) is 2.39. The summed E-state index contributed by atoms with van der Waals surface area (Å²) in [6.07, 6.45) is 0.341. The van der Waals surface area contributed by atoms with Gasteiger partial charge in [0.2, 0.25) is 5.91 Å². The molecule has 122 valence electrons. The summed E-state index contributed by atoms with van der Waals surface area (Å²) in [5.74, 6) is -0.914. The third-order valence-corrected chi connectivity index (χ3v) is 3.68. The highest BCUT2D eigenvalue weighted by molar-refractivity contribution is 5.97. The molecule has 3 N–H and O–H groups in total. The normalized spacial score (nSPS) is 11.9. The fraction of sp³-hybridized carbons (Fsp3) is 0.294. The van der Waals surface area contributed by atoms with Crippen molar-refractivity contribution in [2.45, 2.75) is 12.5 Å². The van der Waals surface area contributed by atoms with Gasteiger partial charge < -0.3 is 20.4 Å². The molecule has 0 saturated heterocycles. The van der Waals surface area contributed by atoms with Crippen LogP contribution in [0, 0.1) is 0 Å². The third kappa shape index (κ3) is 3.98. The first-order valence-corrected chi connectivity index (χ1v) is 7.35. The van der Waals surface area contributed by atoms with Gasteiger partial charge in [-0.1, -0.05) is 30.3 Å². The van der Waals surface area contributed by atoms with Crippen LogP contribution in [0.15, 0.2) is 42.5 Å². The SMILES string of the molecule is COCCC(NC(=O)c1ccc(-c2ccccc2)n1C)C(N)=O. The van der Waals surface area contributed by atoms with Crippen LogP contribution in [0.1, 0.15) is 16.9 Å². The zero-order valence-corrected chi connectivity index (χ0v) is 13.3. The summed E-state index contributed by atoms with van der Waals surface area (Å²) in [6, 6.07) is 12.6. The van der Waals surface area contributed by atoms with Gasteiger partial charge in [0.25, 0.3) is 5.91 Å². The summed E-state index contributed by atoms with van der Waals surface area (Å²) in [6.45, 7) is 0.344. The van der Waals surface area contributed by atoms with Crippen LogP contribution in [-0.4, -0.2) is 36.1 Å². The number of benzene rings is 1. The molecular formula is C17H21N3O3. The Kier molecular flexibility index (Phi) is 5.54. The first-order chi connectivity index (χ1) is 11.0. The van der Waals surface area contributed by atoms with Crippen molar-refractivity contribution in [1.29, 1.82) is 0 Å². The molecule has 0 fully saturated rings. The summed E-state index contributed by atoms with van der Waals surface area (Å²) in [5.41, 5.74) is 7.72. The second kappa shape index (κ2) is 7.60. The van der Waals surface area contributed by atoms with E-state index in [0.717, 1.165) is 11.3 Å². The van der Waals surface area contributed by atoms with Crippen LogP contribution in [0.5, 0.6) is 0 Å². The second-order valence-electron chi connectivity index (χ2n) is 5.24. The summed E-state index contributed by atoms with van der Waals surface area (Å²) in [5, 5.41) is 2.66. The number of primary amides is 1. The minimum Gasteiger partial charge on any atom is -0.385 e. The van der Waals surface area contributed by atoms with Gasteiger partial charge >= 0.3 is 0 Å². The average molecular weight is 315 g/mol. The van der Waals surface area contributed by atoms with E-state index in [4.69, 9.17) is 10.5 Å². The minimum absolute atomic E-state index is 0.338. The smallest absolute Gasteiger partial charge is 0.268 e. The number of carbonyl (C=O) groups excluding carboxylic acids is 2. The molecule has 0 aliphatic rings. The molecule has 2 aromatic rings. The van der Waals surface area contributed by atoms with Crippen molar-refractivity contribution in [3.8, 4) is 11.3 Å².